The topological polar surface area (TPSA) is 137 Å². The SMILES string of the molecule is CCOC(=O)C1=C(CCC(NC(C)=O)c2cccs2)NC(C)=C(C(=O)OC)C1c1cccc([N+](=O)[O-])c1. The number of benzene rings is 1. The number of non-ortho nitro benzene ring substituents is 1. The van der Waals surface area contributed by atoms with E-state index in [-0.39, 0.29) is 35.4 Å². The molecule has 3 rings (SSSR count). The summed E-state index contributed by atoms with van der Waals surface area (Å²) in [4.78, 5) is 50.0. The zero-order valence-corrected chi connectivity index (χ0v) is 21.8. The number of ether oxygens (including phenoxy) is 2. The van der Waals surface area contributed by atoms with E-state index in [9.17, 15) is 24.5 Å². The van der Waals surface area contributed by atoms with Gasteiger partial charge in [0.25, 0.3) is 5.69 Å². The molecule has 0 saturated heterocycles. The predicted molar refractivity (Wildman–Crippen MR) is 137 cm³/mol. The molecule has 0 saturated carbocycles. The van der Waals surface area contributed by atoms with Gasteiger partial charge in [-0.2, -0.15) is 0 Å². The number of hydrogen-bond acceptors (Lipinski definition) is 9. The summed E-state index contributed by atoms with van der Waals surface area (Å²) in [7, 11) is 1.23. The van der Waals surface area contributed by atoms with E-state index in [2.05, 4.69) is 10.6 Å². The highest BCUT2D eigenvalue weighted by atomic mass is 32.1. The Labute approximate surface area is 218 Å². The van der Waals surface area contributed by atoms with Crippen LogP contribution in [0, 0.1) is 10.1 Å². The Kier molecular flexibility index (Phi) is 9.18. The minimum Gasteiger partial charge on any atom is -0.466 e. The molecular formula is C26H29N3O7S. The number of allylic oxidation sites excluding steroid dienone is 2. The van der Waals surface area contributed by atoms with Gasteiger partial charge in [0.05, 0.1) is 41.7 Å². The monoisotopic (exact) mass is 527 g/mol. The van der Waals surface area contributed by atoms with Crippen LogP contribution in [0.4, 0.5) is 5.69 Å². The van der Waals surface area contributed by atoms with Crippen LogP contribution >= 0.6 is 11.3 Å². The maximum Gasteiger partial charge on any atom is 0.336 e. The number of rotatable bonds is 10. The number of esters is 2. The van der Waals surface area contributed by atoms with Crippen LogP contribution in [0.3, 0.4) is 0 Å². The summed E-state index contributed by atoms with van der Waals surface area (Å²) in [6, 6.07) is 9.34. The second-order valence-electron chi connectivity index (χ2n) is 8.36. The summed E-state index contributed by atoms with van der Waals surface area (Å²) in [5, 5.41) is 19.5. The van der Waals surface area contributed by atoms with Gasteiger partial charge in [-0.3, -0.25) is 14.9 Å². The fraction of sp³-hybridized carbons (Fsp3) is 0.346. The highest BCUT2D eigenvalue weighted by molar-refractivity contribution is 7.10. The zero-order valence-electron chi connectivity index (χ0n) is 21.0. The number of nitrogens with zero attached hydrogens (tertiary/aromatic N) is 1. The van der Waals surface area contributed by atoms with E-state index in [1.54, 1.807) is 19.9 Å². The quantitative estimate of drug-likeness (QED) is 0.266. The molecule has 1 aliphatic heterocycles. The summed E-state index contributed by atoms with van der Waals surface area (Å²) in [6.45, 7) is 4.89. The number of nitrogens with one attached hydrogen (secondary N) is 2. The van der Waals surface area contributed by atoms with E-state index in [4.69, 9.17) is 9.47 Å². The molecule has 0 aliphatic carbocycles. The van der Waals surface area contributed by atoms with Gasteiger partial charge in [-0.15, -0.1) is 11.3 Å². The summed E-state index contributed by atoms with van der Waals surface area (Å²) in [5.74, 6) is -2.46. The second kappa shape index (κ2) is 12.3. The Bertz CT molecular complexity index is 1250. The van der Waals surface area contributed by atoms with E-state index in [0.29, 0.717) is 29.8 Å². The standard InChI is InChI=1S/C26H29N3O7S/c1-5-36-26(32)24-20(12-11-19(28-16(3)30)21-10-7-13-37-21)27-15(2)22(25(31)35-4)23(24)17-8-6-9-18(14-17)29(33)34/h6-10,13-14,19,23,27H,5,11-12H2,1-4H3,(H,28,30). The van der Waals surface area contributed by atoms with Crippen LogP contribution < -0.4 is 10.6 Å². The molecule has 1 amide bonds. The summed E-state index contributed by atoms with van der Waals surface area (Å²) in [5.41, 5.74) is 1.50. The van der Waals surface area contributed by atoms with Gasteiger partial charge in [0.2, 0.25) is 5.91 Å². The van der Waals surface area contributed by atoms with Gasteiger partial charge in [-0.25, -0.2) is 9.59 Å². The highest BCUT2D eigenvalue weighted by Crippen LogP contribution is 2.41. The molecule has 1 aromatic heterocycles. The molecule has 10 nitrogen and oxygen atoms in total. The lowest BCUT2D eigenvalue weighted by atomic mass is 9.79. The fourth-order valence-electron chi connectivity index (χ4n) is 4.38. The Morgan fingerprint density at radius 3 is 2.54 bits per heavy atom. The number of nitro benzene ring substituents is 1. The first-order chi connectivity index (χ1) is 17.7. The maximum atomic E-state index is 13.3. The summed E-state index contributed by atoms with van der Waals surface area (Å²) >= 11 is 1.51. The van der Waals surface area contributed by atoms with Crippen LogP contribution in [0.15, 0.2) is 64.3 Å². The fourth-order valence-corrected chi connectivity index (χ4v) is 5.20. The van der Waals surface area contributed by atoms with Crippen molar-refractivity contribution in [1.29, 1.82) is 0 Å². The van der Waals surface area contributed by atoms with E-state index < -0.39 is 22.8 Å². The van der Waals surface area contributed by atoms with Gasteiger partial charge in [0.15, 0.2) is 0 Å². The lowest BCUT2D eigenvalue weighted by molar-refractivity contribution is -0.384. The van der Waals surface area contributed by atoms with Crippen LogP contribution in [0.25, 0.3) is 0 Å². The average molecular weight is 528 g/mol. The first-order valence-electron chi connectivity index (χ1n) is 11.7. The van der Waals surface area contributed by atoms with Crippen LogP contribution in [-0.4, -0.2) is 36.5 Å². The first-order valence-corrected chi connectivity index (χ1v) is 12.6. The van der Waals surface area contributed by atoms with Crippen molar-refractivity contribution in [3.05, 3.63) is 84.9 Å². The molecule has 2 aromatic rings. The van der Waals surface area contributed by atoms with Crippen molar-refractivity contribution in [3.63, 3.8) is 0 Å². The molecule has 0 fully saturated rings. The van der Waals surface area contributed by atoms with Crippen LogP contribution in [0.5, 0.6) is 0 Å². The number of amides is 1. The normalized spacial score (nSPS) is 16.1. The largest absolute Gasteiger partial charge is 0.466 e. The molecule has 37 heavy (non-hydrogen) atoms. The molecule has 11 heteroatoms. The lowest BCUT2D eigenvalue weighted by Crippen LogP contribution is -2.34. The van der Waals surface area contributed by atoms with Crippen LogP contribution in [0.2, 0.25) is 0 Å². The van der Waals surface area contributed by atoms with Gasteiger partial charge in [0.1, 0.15) is 0 Å². The first kappa shape index (κ1) is 27.6. The second-order valence-corrected chi connectivity index (χ2v) is 9.34. The average Bonchev–Trinajstić information content (AvgIpc) is 3.40. The number of methoxy groups -OCH3 is 1. The van der Waals surface area contributed by atoms with E-state index >= 15 is 0 Å². The number of hydrogen-bond donors (Lipinski definition) is 2. The molecule has 2 atom stereocenters. The van der Waals surface area contributed by atoms with Crippen molar-refractivity contribution in [2.45, 2.75) is 45.6 Å². The third kappa shape index (κ3) is 6.42. The van der Waals surface area contributed by atoms with Crippen LogP contribution in [0.1, 0.15) is 56.0 Å². The Morgan fingerprint density at radius 1 is 1.19 bits per heavy atom. The third-order valence-electron chi connectivity index (χ3n) is 5.91. The number of carbonyl (C=O) groups is 3. The summed E-state index contributed by atoms with van der Waals surface area (Å²) in [6.07, 6.45) is 0.780. The Hall–Kier alpha value is -3.99. The van der Waals surface area contributed by atoms with E-state index in [1.165, 1.54) is 43.6 Å². The Morgan fingerprint density at radius 2 is 1.95 bits per heavy atom. The van der Waals surface area contributed by atoms with Crippen molar-refractivity contribution >= 4 is 34.9 Å². The van der Waals surface area contributed by atoms with Crippen molar-refractivity contribution in [2.24, 2.45) is 0 Å². The van der Waals surface area contributed by atoms with Gasteiger partial charge >= 0.3 is 11.9 Å². The number of thiophene rings is 1. The van der Waals surface area contributed by atoms with E-state index in [1.807, 2.05) is 17.5 Å². The molecule has 2 unspecified atom stereocenters. The minimum atomic E-state index is -0.955. The molecular weight excluding hydrogens is 498 g/mol. The zero-order chi connectivity index (χ0) is 27.1. The smallest absolute Gasteiger partial charge is 0.336 e. The number of dihydropyridines is 1. The highest BCUT2D eigenvalue weighted by Gasteiger charge is 2.39. The number of nitro groups is 1. The summed E-state index contributed by atoms with van der Waals surface area (Å²) < 4.78 is 10.4. The van der Waals surface area contributed by atoms with Crippen molar-refractivity contribution in [1.82, 2.24) is 10.6 Å². The molecule has 0 bridgehead atoms. The lowest BCUT2D eigenvalue weighted by Gasteiger charge is -2.32. The molecule has 1 aliphatic rings. The molecule has 0 spiro atoms. The van der Waals surface area contributed by atoms with Gasteiger partial charge in [-0.05, 0) is 43.7 Å². The molecule has 1 aromatic carbocycles. The van der Waals surface area contributed by atoms with Gasteiger partial charge in [0, 0.05) is 35.3 Å². The van der Waals surface area contributed by atoms with Gasteiger partial charge < -0.3 is 20.1 Å². The minimum absolute atomic E-state index is 0.0945. The van der Waals surface area contributed by atoms with E-state index in [0.717, 1.165) is 4.88 Å². The van der Waals surface area contributed by atoms with Crippen molar-refractivity contribution in [2.75, 3.05) is 13.7 Å². The molecule has 2 heterocycles. The molecule has 196 valence electrons. The van der Waals surface area contributed by atoms with Crippen LogP contribution in [-0.2, 0) is 23.9 Å². The Balaban J connectivity index is 2.14. The number of carbonyl (C=O) groups excluding carboxylic acids is 3. The molecule has 2 N–H and O–H groups in total. The molecule has 0 radical (unpaired) electrons. The maximum absolute atomic E-state index is 13.3. The van der Waals surface area contributed by atoms with Crippen molar-refractivity contribution in [3.8, 4) is 0 Å². The third-order valence-corrected chi connectivity index (χ3v) is 6.89. The van der Waals surface area contributed by atoms with Crippen molar-refractivity contribution < 1.29 is 28.8 Å². The van der Waals surface area contributed by atoms with Gasteiger partial charge in [-0.1, -0.05) is 18.2 Å². The predicted octanol–water partition coefficient (Wildman–Crippen LogP) is 4.26.